The lowest BCUT2D eigenvalue weighted by atomic mass is 10.1. The van der Waals surface area contributed by atoms with E-state index >= 15 is 0 Å². The lowest BCUT2D eigenvalue weighted by Crippen LogP contribution is -1.96. The summed E-state index contributed by atoms with van der Waals surface area (Å²) in [5, 5.41) is 12.0. The number of nitrogens with one attached hydrogen (secondary N) is 1. The first kappa shape index (κ1) is 13.5. The fourth-order valence-electron chi connectivity index (χ4n) is 1.55. The Kier molecular flexibility index (Phi) is 3.79. The van der Waals surface area contributed by atoms with Crippen LogP contribution in [-0.4, -0.2) is 0 Å². The Bertz CT molecular complexity index is 657. The summed E-state index contributed by atoms with van der Waals surface area (Å²) in [7, 11) is 0. The molecule has 0 radical (unpaired) electrons. The third kappa shape index (κ3) is 2.90. The molecule has 0 bridgehead atoms. The number of benzene rings is 2. The number of nitrogen functional groups attached to an aromatic ring is 1. The van der Waals surface area contributed by atoms with Crippen molar-refractivity contribution in [3.05, 3.63) is 51.8 Å². The Morgan fingerprint density at radius 2 is 1.79 bits per heavy atom. The molecule has 0 atom stereocenters. The van der Waals surface area contributed by atoms with Crippen LogP contribution in [0.4, 0.5) is 21.5 Å². The normalized spacial score (nSPS) is 10.0. The maximum atomic E-state index is 13.1. The third-order valence-electron chi connectivity index (χ3n) is 2.45. The van der Waals surface area contributed by atoms with Crippen LogP contribution in [0.3, 0.4) is 0 Å². The second-order valence-corrected chi connectivity index (χ2v) is 4.60. The molecule has 2 rings (SSSR count). The highest BCUT2D eigenvalue weighted by atomic mass is 35.5. The molecule has 3 nitrogen and oxygen atoms in total. The number of nitrogens with two attached hydrogens (primary N) is 1. The molecule has 96 valence electrons. The van der Waals surface area contributed by atoms with Gasteiger partial charge in [-0.05, 0) is 30.3 Å². The van der Waals surface area contributed by atoms with Gasteiger partial charge in [-0.3, -0.25) is 0 Å². The summed E-state index contributed by atoms with van der Waals surface area (Å²) in [5.74, 6) is -0.514. The molecule has 2 aromatic rings. The summed E-state index contributed by atoms with van der Waals surface area (Å²) in [6.07, 6.45) is 0. The summed E-state index contributed by atoms with van der Waals surface area (Å²) < 4.78 is 13.1. The topological polar surface area (TPSA) is 61.8 Å². The van der Waals surface area contributed by atoms with Crippen LogP contribution in [0.2, 0.25) is 10.0 Å². The molecular weight excluding hydrogens is 288 g/mol. The lowest BCUT2D eigenvalue weighted by Gasteiger charge is -2.11. The molecule has 0 aliphatic heterocycles. The molecule has 19 heavy (non-hydrogen) atoms. The predicted octanol–water partition coefficient (Wildman–Crippen LogP) is 4.33. The van der Waals surface area contributed by atoms with Crippen LogP contribution < -0.4 is 11.1 Å². The molecule has 0 heterocycles. The van der Waals surface area contributed by atoms with E-state index in [1.54, 1.807) is 18.2 Å². The largest absolute Gasteiger partial charge is 0.398 e. The van der Waals surface area contributed by atoms with Gasteiger partial charge in [0.1, 0.15) is 11.9 Å². The average Bonchev–Trinajstić information content (AvgIpc) is 2.34. The van der Waals surface area contributed by atoms with E-state index in [0.717, 1.165) is 12.1 Å². The van der Waals surface area contributed by atoms with Gasteiger partial charge < -0.3 is 11.1 Å². The molecule has 0 saturated heterocycles. The number of hydrogen-bond donors (Lipinski definition) is 2. The first-order valence-electron chi connectivity index (χ1n) is 5.22. The van der Waals surface area contributed by atoms with Crippen molar-refractivity contribution in [3.63, 3.8) is 0 Å². The molecule has 3 N–H and O–H groups in total. The van der Waals surface area contributed by atoms with Crippen LogP contribution in [0.25, 0.3) is 0 Å². The van der Waals surface area contributed by atoms with Crippen molar-refractivity contribution < 1.29 is 4.39 Å². The van der Waals surface area contributed by atoms with Crippen molar-refractivity contribution >= 4 is 40.3 Å². The molecule has 0 unspecified atom stereocenters. The number of halogens is 3. The standard InChI is InChI=1S/C13H8Cl2FN3/c14-10-3-8(16)4-11(15)13(10)19-9-2-1-7(6-17)12(18)5-9/h1-5,19H,18H2. The summed E-state index contributed by atoms with van der Waals surface area (Å²) >= 11 is 11.8. The van der Waals surface area contributed by atoms with Crippen molar-refractivity contribution in [3.8, 4) is 6.07 Å². The van der Waals surface area contributed by atoms with Crippen LogP contribution in [0, 0.1) is 17.1 Å². The zero-order chi connectivity index (χ0) is 14.0. The van der Waals surface area contributed by atoms with E-state index < -0.39 is 5.82 Å². The fraction of sp³-hybridized carbons (Fsp3) is 0. The lowest BCUT2D eigenvalue weighted by molar-refractivity contribution is 0.628. The highest BCUT2D eigenvalue weighted by molar-refractivity contribution is 6.39. The van der Waals surface area contributed by atoms with E-state index in [1.807, 2.05) is 6.07 Å². The molecular formula is C13H8Cl2FN3. The number of hydrogen-bond acceptors (Lipinski definition) is 3. The van der Waals surface area contributed by atoms with Crippen LogP contribution in [0.15, 0.2) is 30.3 Å². The zero-order valence-electron chi connectivity index (χ0n) is 9.55. The van der Waals surface area contributed by atoms with Gasteiger partial charge in [0, 0.05) is 5.69 Å². The molecule has 0 spiro atoms. The van der Waals surface area contributed by atoms with Crippen molar-refractivity contribution in [2.75, 3.05) is 11.1 Å². The van der Waals surface area contributed by atoms with Crippen LogP contribution >= 0.6 is 23.2 Å². The van der Waals surface area contributed by atoms with Gasteiger partial charge in [-0.15, -0.1) is 0 Å². The smallest absolute Gasteiger partial charge is 0.126 e. The molecule has 6 heteroatoms. The van der Waals surface area contributed by atoms with E-state index in [9.17, 15) is 4.39 Å². The van der Waals surface area contributed by atoms with Crippen LogP contribution in [-0.2, 0) is 0 Å². The van der Waals surface area contributed by atoms with Gasteiger partial charge in [0.15, 0.2) is 0 Å². The van der Waals surface area contributed by atoms with Crippen LogP contribution in [0.1, 0.15) is 5.56 Å². The van der Waals surface area contributed by atoms with Crippen LogP contribution in [0.5, 0.6) is 0 Å². The Morgan fingerprint density at radius 1 is 1.16 bits per heavy atom. The predicted molar refractivity (Wildman–Crippen MR) is 75.3 cm³/mol. The SMILES string of the molecule is N#Cc1ccc(Nc2c(Cl)cc(F)cc2Cl)cc1N. The van der Waals surface area contributed by atoms with E-state index in [2.05, 4.69) is 5.32 Å². The van der Waals surface area contributed by atoms with Gasteiger partial charge in [0.05, 0.1) is 27.0 Å². The number of anilines is 3. The molecule has 0 amide bonds. The molecule has 2 aromatic carbocycles. The molecule has 0 fully saturated rings. The van der Waals surface area contributed by atoms with Gasteiger partial charge in [0.25, 0.3) is 0 Å². The number of rotatable bonds is 2. The summed E-state index contributed by atoms with van der Waals surface area (Å²) in [6, 6.07) is 9.08. The minimum atomic E-state index is -0.514. The summed E-state index contributed by atoms with van der Waals surface area (Å²) in [6.45, 7) is 0. The molecule has 0 saturated carbocycles. The first-order chi connectivity index (χ1) is 9.01. The highest BCUT2D eigenvalue weighted by Gasteiger charge is 2.09. The van der Waals surface area contributed by atoms with Gasteiger partial charge in [-0.25, -0.2) is 4.39 Å². The van der Waals surface area contributed by atoms with Gasteiger partial charge in [-0.1, -0.05) is 23.2 Å². The Morgan fingerprint density at radius 3 is 2.32 bits per heavy atom. The zero-order valence-corrected chi connectivity index (χ0v) is 11.1. The van der Waals surface area contributed by atoms with E-state index in [1.165, 1.54) is 0 Å². The van der Waals surface area contributed by atoms with Crippen molar-refractivity contribution in [2.24, 2.45) is 0 Å². The van der Waals surface area contributed by atoms with E-state index in [4.69, 9.17) is 34.2 Å². The minimum Gasteiger partial charge on any atom is -0.398 e. The Balaban J connectivity index is 2.37. The van der Waals surface area contributed by atoms with E-state index in [-0.39, 0.29) is 10.0 Å². The molecule has 0 aliphatic rings. The quantitative estimate of drug-likeness (QED) is 0.811. The maximum Gasteiger partial charge on any atom is 0.126 e. The Labute approximate surface area is 119 Å². The third-order valence-corrected chi connectivity index (χ3v) is 3.04. The average molecular weight is 296 g/mol. The molecule has 0 aliphatic carbocycles. The summed E-state index contributed by atoms with van der Waals surface area (Å²) in [5.41, 5.74) is 7.40. The van der Waals surface area contributed by atoms with Crippen molar-refractivity contribution in [2.45, 2.75) is 0 Å². The second-order valence-electron chi connectivity index (χ2n) is 3.78. The minimum absolute atomic E-state index is 0.160. The van der Waals surface area contributed by atoms with Gasteiger partial charge >= 0.3 is 0 Å². The second kappa shape index (κ2) is 5.35. The van der Waals surface area contributed by atoms with Crippen molar-refractivity contribution in [1.82, 2.24) is 0 Å². The Hall–Kier alpha value is -1.96. The van der Waals surface area contributed by atoms with Crippen molar-refractivity contribution in [1.29, 1.82) is 5.26 Å². The molecule has 0 aromatic heterocycles. The monoisotopic (exact) mass is 295 g/mol. The number of nitrogens with zero attached hydrogens (tertiary/aromatic N) is 1. The van der Waals surface area contributed by atoms with E-state index in [0.29, 0.717) is 22.6 Å². The maximum absolute atomic E-state index is 13.1. The van der Waals surface area contributed by atoms with Gasteiger partial charge in [0.2, 0.25) is 0 Å². The first-order valence-corrected chi connectivity index (χ1v) is 5.98. The summed E-state index contributed by atoms with van der Waals surface area (Å²) in [4.78, 5) is 0. The highest BCUT2D eigenvalue weighted by Crippen LogP contribution is 2.34. The fourth-order valence-corrected chi connectivity index (χ4v) is 2.10. The number of nitriles is 1. The van der Waals surface area contributed by atoms with Gasteiger partial charge in [-0.2, -0.15) is 5.26 Å².